The minimum Gasteiger partial charge on any atom is -0.487 e. The van der Waals surface area contributed by atoms with Crippen LogP contribution in [0.25, 0.3) is 6.08 Å². The van der Waals surface area contributed by atoms with Gasteiger partial charge < -0.3 is 4.74 Å². The molecule has 4 amide bonds. The minimum atomic E-state index is -0.851. The molecule has 1 aliphatic heterocycles. The van der Waals surface area contributed by atoms with Crippen molar-refractivity contribution in [2.75, 3.05) is 4.90 Å². The van der Waals surface area contributed by atoms with Crippen LogP contribution in [0.3, 0.4) is 0 Å². The lowest BCUT2D eigenvalue weighted by atomic mass is 10.1. The van der Waals surface area contributed by atoms with Crippen molar-refractivity contribution >= 4 is 96.3 Å². The number of carbonyl (C=O) groups is 3. The number of imide groups is 2. The molecule has 6 nitrogen and oxygen atoms in total. The van der Waals surface area contributed by atoms with Crippen molar-refractivity contribution in [1.82, 2.24) is 5.32 Å². The lowest BCUT2D eigenvalue weighted by molar-refractivity contribution is -0.122. The molecule has 0 bridgehead atoms. The molecule has 0 spiro atoms. The highest BCUT2D eigenvalue weighted by atomic mass is 79.9. The molecule has 1 aliphatic rings. The van der Waals surface area contributed by atoms with Crippen LogP contribution >= 0.6 is 66.7 Å². The van der Waals surface area contributed by atoms with Crippen molar-refractivity contribution in [3.63, 3.8) is 0 Å². The fourth-order valence-electron chi connectivity index (χ4n) is 3.37. The summed E-state index contributed by atoms with van der Waals surface area (Å²) in [6.45, 7) is 2.03. The topological polar surface area (TPSA) is 75.7 Å². The Bertz CT molecular complexity index is 1440. The van der Waals surface area contributed by atoms with Gasteiger partial charge in [-0.1, -0.05) is 46.9 Å². The molecule has 3 aromatic rings. The number of benzene rings is 3. The summed E-state index contributed by atoms with van der Waals surface area (Å²) in [6.07, 6.45) is 1.39. The maximum atomic E-state index is 13.2. The standard InChI is InChI=1S/C25H15Br2Cl3N2O4/c1-12-2-4-15(10-20(12)29)32-24(34)16(23(33)31-25(32)35)6-14-7-17(26)22(18(27)8-14)36-11-13-3-5-19(28)21(30)9-13/h2-10H,11H2,1H3,(H,31,33,35)/b16-6-. The average molecular weight is 674 g/mol. The Morgan fingerprint density at radius 1 is 0.917 bits per heavy atom. The molecule has 0 unspecified atom stereocenters. The Morgan fingerprint density at radius 2 is 1.61 bits per heavy atom. The number of rotatable bonds is 5. The van der Waals surface area contributed by atoms with Crippen molar-refractivity contribution < 1.29 is 19.1 Å². The van der Waals surface area contributed by atoms with Crippen LogP contribution in [0.5, 0.6) is 5.75 Å². The summed E-state index contributed by atoms with van der Waals surface area (Å²) in [5.41, 5.74) is 2.16. The SMILES string of the molecule is Cc1ccc(N2C(=O)NC(=O)/C(=C/c3cc(Br)c(OCc4ccc(Cl)c(Cl)c4)c(Br)c3)C2=O)cc1Cl. The van der Waals surface area contributed by atoms with Crippen LogP contribution < -0.4 is 15.0 Å². The van der Waals surface area contributed by atoms with Crippen molar-refractivity contribution in [2.24, 2.45) is 0 Å². The van der Waals surface area contributed by atoms with Gasteiger partial charge in [-0.3, -0.25) is 14.9 Å². The predicted octanol–water partition coefficient (Wildman–Crippen LogP) is 7.73. The zero-order chi connectivity index (χ0) is 26.1. The molecule has 184 valence electrons. The highest BCUT2D eigenvalue weighted by Gasteiger charge is 2.37. The lowest BCUT2D eigenvalue weighted by Gasteiger charge is -2.26. The fraction of sp³-hybridized carbons (Fsp3) is 0.0800. The molecule has 0 radical (unpaired) electrons. The van der Waals surface area contributed by atoms with E-state index < -0.39 is 17.8 Å². The van der Waals surface area contributed by atoms with Crippen molar-refractivity contribution in [1.29, 1.82) is 0 Å². The van der Waals surface area contributed by atoms with Crippen LogP contribution in [0.15, 0.2) is 63.0 Å². The third-order valence-corrected chi connectivity index (χ3v) is 7.54. The van der Waals surface area contributed by atoms with Gasteiger partial charge in [0, 0.05) is 5.02 Å². The van der Waals surface area contributed by atoms with Gasteiger partial charge in [0.2, 0.25) is 0 Å². The number of urea groups is 1. The third-order valence-electron chi connectivity index (χ3n) is 5.21. The molecule has 1 heterocycles. The zero-order valence-electron chi connectivity index (χ0n) is 18.4. The monoisotopic (exact) mass is 670 g/mol. The molecule has 1 fully saturated rings. The molecule has 0 aromatic heterocycles. The minimum absolute atomic E-state index is 0.213. The van der Waals surface area contributed by atoms with Gasteiger partial charge in [-0.25, -0.2) is 9.69 Å². The first-order valence-corrected chi connectivity index (χ1v) is 13.0. The maximum absolute atomic E-state index is 13.2. The highest BCUT2D eigenvalue weighted by molar-refractivity contribution is 9.11. The van der Waals surface area contributed by atoms with Gasteiger partial charge in [-0.2, -0.15) is 0 Å². The summed E-state index contributed by atoms with van der Waals surface area (Å²) in [5, 5.41) is 3.46. The number of carbonyl (C=O) groups excluding carboxylic acids is 3. The van der Waals surface area contributed by atoms with Crippen LogP contribution in [-0.2, 0) is 16.2 Å². The summed E-state index contributed by atoms with van der Waals surface area (Å²) in [4.78, 5) is 39.0. The Morgan fingerprint density at radius 3 is 2.25 bits per heavy atom. The fourth-order valence-corrected chi connectivity index (χ4v) is 5.31. The Balaban J connectivity index is 1.61. The lowest BCUT2D eigenvalue weighted by Crippen LogP contribution is -2.54. The second-order valence-corrected chi connectivity index (χ2v) is 10.7. The number of hydrogen-bond donors (Lipinski definition) is 1. The first-order chi connectivity index (χ1) is 17.0. The van der Waals surface area contributed by atoms with Gasteiger partial charge in [-0.15, -0.1) is 0 Å². The molecular formula is C25H15Br2Cl3N2O4. The van der Waals surface area contributed by atoms with E-state index in [0.29, 0.717) is 35.3 Å². The second-order valence-electron chi connectivity index (χ2n) is 7.74. The van der Waals surface area contributed by atoms with Crippen LogP contribution in [0.2, 0.25) is 15.1 Å². The van der Waals surface area contributed by atoms with Gasteiger partial charge in [-0.05, 0) is 97.9 Å². The van der Waals surface area contributed by atoms with Crippen LogP contribution in [0, 0.1) is 6.92 Å². The number of halogens is 5. The molecule has 1 N–H and O–H groups in total. The number of anilines is 1. The number of nitrogens with zero attached hydrogens (tertiary/aromatic N) is 1. The van der Waals surface area contributed by atoms with Gasteiger partial charge in [0.1, 0.15) is 17.9 Å². The Kier molecular flexibility index (Phi) is 8.12. The molecule has 0 aliphatic carbocycles. The summed E-state index contributed by atoms with van der Waals surface area (Å²) in [5.74, 6) is -1.06. The smallest absolute Gasteiger partial charge is 0.335 e. The summed E-state index contributed by atoms with van der Waals surface area (Å²) in [7, 11) is 0. The van der Waals surface area contributed by atoms with Crippen LogP contribution in [0.4, 0.5) is 10.5 Å². The molecule has 36 heavy (non-hydrogen) atoms. The van der Waals surface area contributed by atoms with E-state index in [2.05, 4.69) is 37.2 Å². The van der Waals surface area contributed by atoms with Crippen LogP contribution in [0.1, 0.15) is 16.7 Å². The summed E-state index contributed by atoms with van der Waals surface area (Å²) in [6, 6.07) is 12.5. The number of hydrogen-bond acceptors (Lipinski definition) is 4. The number of nitrogens with one attached hydrogen (secondary N) is 1. The van der Waals surface area contributed by atoms with Gasteiger partial charge >= 0.3 is 6.03 Å². The molecule has 1 saturated heterocycles. The number of ether oxygens (including phenoxy) is 1. The number of amides is 4. The first-order valence-electron chi connectivity index (χ1n) is 10.3. The maximum Gasteiger partial charge on any atom is 0.335 e. The average Bonchev–Trinajstić information content (AvgIpc) is 2.80. The number of barbiturate groups is 1. The normalized spacial score (nSPS) is 14.9. The molecular weight excluding hydrogens is 658 g/mol. The van der Waals surface area contributed by atoms with Gasteiger partial charge in [0.15, 0.2) is 0 Å². The van der Waals surface area contributed by atoms with E-state index in [0.717, 1.165) is 16.0 Å². The third kappa shape index (κ3) is 5.63. The highest BCUT2D eigenvalue weighted by Crippen LogP contribution is 2.37. The molecule has 0 atom stereocenters. The van der Waals surface area contributed by atoms with E-state index >= 15 is 0 Å². The first kappa shape index (κ1) is 26.7. The van der Waals surface area contributed by atoms with Crippen molar-refractivity contribution in [3.8, 4) is 5.75 Å². The molecule has 11 heteroatoms. The van der Waals surface area contributed by atoms with Crippen molar-refractivity contribution in [2.45, 2.75) is 13.5 Å². The number of aryl methyl sites for hydroxylation is 1. The van der Waals surface area contributed by atoms with Crippen molar-refractivity contribution in [3.05, 3.63) is 94.8 Å². The quantitative estimate of drug-likeness (QED) is 0.222. The van der Waals surface area contributed by atoms with Gasteiger partial charge in [0.25, 0.3) is 11.8 Å². The van der Waals surface area contributed by atoms with E-state index in [-0.39, 0.29) is 17.9 Å². The van der Waals surface area contributed by atoms with E-state index in [1.807, 2.05) is 0 Å². The zero-order valence-corrected chi connectivity index (χ0v) is 23.8. The molecule has 0 saturated carbocycles. The van der Waals surface area contributed by atoms with E-state index in [4.69, 9.17) is 39.5 Å². The molecule has 3 aromatic carbocycles. The van der Waals surface area contributed by atoms with Gasteiger partial charge in [0.05, 0.1) is 24.7 Å². The predicted molar refractivity (Wildman–Crippen MR) is 148 cm³/mol. The summed E-state index contributed by atoms with van der Waals surface area (Å²) < 4.78 is 7.07. The Labute approximate surface area is 238 Å². The Hall–Kier alpha value is -2.36. The van der Waals surface area contributed by atoms with E-state index in [9.17, 15) is 14.4 Å². The largest absolute Gasteiger partial charge is 0.487 e. The second kappa shape index (κ2) is 10.9. The van der Waals surface area contributed by atoms with E-state index in [1.165, 1.54) is 12.1 Å². The van der Waals surface area contributed by atoms with E-state index in [1.54, 1.807) is 49.4 Å². The summed E-state index contributed by atoms with van der Waals surface area (Å²) >= 11 is 25.1. The van der Waals surface area contributed by atoms with Crippen LogP contribution in [-0.4, -0.2) is 17.8 Å². The molecule has 4 rings (SSSR count).